The number of aryl methyl sites for hydroxylation is 2. The Balaban J connectivity index is 1.60. The molecule has 4 rings (SSSR count). The van der Waals surface area contributed by atoms with Crippen molar-refractivity contribution >= 4 is 17.2 Å². The molecule has 1 amide bonds. The third kappa shape index (κ3) is 4.32. The van der Waals surface area contributed by atoms with E-state index in [0.29, 0.717) is 16.9 Å². The zero-order valence-electron chi connectivity index (χ0n) is 17.2. The molecule has 0 aliphatic heterocycles. The van der Waals surface area contributed by atoms with Crippen molar-refractivity contribution < 1.29 is 18.0 Å². The van der Waals surface area contributed by atoms with Gasteiger partial charge in [0.25, 0.3) is 5.91 Å². The predicted molar refractivity (Wildman–Crippen MR) is 114 cm³/mol. The number of fused-ring (bicyclic) bond motifs is 1. The highest BCUT2D eigenvalue weighted by atomic mass is 19.4. The summed E-state index contributed by atoms with van der Waals surface area (Å²) in [6, 6.07) is 12.2. The Morgan fingerprint density at radius 3 is 2.59 bits per heavy atom. The van der Waals surface area contributed by atoms with Crippen LogP contribution in [0.4, 0.5) is 18.9 Å². The quantitative estimate of drug-likeness (QED) is 0.451. The van der Waals surface area contributed by atoms with Gasteiger partial charge < -0.3 is 5.32 Å². The largest absolute Gasteiger partial charge is 0.416 e. The molecule has 1 N–H and O–H groups in total. The lowest BCUT2D eigenvalue weighted by Gasteiger charge is -2.13. The summed E-state index contributed by atoms with van der Waals surface area (Å²) >= 11 is 0. The summed E-state index contributed by atoms with van der Waals surface area (Å²) in [6.07, 6.45) is -1.26. The number of carbonyl (C=O) groups is 1. The van der Waals surface area contributed by atoms with Crippen LogP contribution in [0, 0.1) is 25.7 Å². The lowest BCUT2D eigenvalue weighted by atomic mass is 10.0. The number of hydrogen-bond acceptors (Lipinski definition) is 3. The lowest BCUT2D eigenvalue weighted by Crippen LogP contribution is -2.14. The van der Waals surface area contributed by atoms with E-state index in [0.717, 1.165) is 11.6 Å². The minimum atomic E-state index is -4.50. The van der Waals surface area contributed by atoms with E-state index >= 15 is 0 Å². The van der Waals surface area contributed by atoms with E-state index in [2.05, 4.69) is 27.2 Å². The molecular weight excluding hydrogens is 417 g/mol. The Morgan fingerprint density at radius 2 is 1.81 bits per heavy atom. The first kappa shape index (κ1) is 21.1. The van der Waals surface area contributed by atoms with Crippen molar-refractivity contribution in [1.29, 1.82) is 0 Å². The smallest absolute Gasteiger partial charge is 0.322 e. The summed E-state index contributed by atoms with van der Waals surface area (Å²) in [6.45, 7) is 3.23. The second-order valence-corrected chi connectivity index (χ2v) is 7.20. The Bertz CT molecular complexity index is 1390. The van der Waals surface area contributed by atoms with Crippen LogP contribution >= 0.6 is 0 Å². The van der Waals surface area contributed by atoms with Crippen LogP contribution in [0.5, 0.6) is 0 Å². The van der Waals surface area contributed by atoms with Gasteiger partial charge in [-0.05, 0) is 67.3 Å². The number of anilines is 1. The highest BCUT2D eigenvalue weighted by Gasteiger charge is 2.32. The topological polar surface area (TPSA) is 59.3 Å². The van der Waals surface area contributed by atoms with E-state index in [1.165, 1.54) is 19.1 Å². The van der Waals surface area contributed by atoms with Gasteiger partial charge in [0, 0.05) is 23.0 Å². The molecule has 160 valence electrons. The molecule has 0 aliphatic rings. The molecule has 2 aromatic carbocycles. The van der Waals surface area contributed by atoms with Gasteiger partial charge in [-0.25, -0.2) is 9.50 Å². The van der Waals surface area contributed by atoms with Gasteiger partial charge in [0.2, 0.25) is 0 Å². The van der Waals surface area contributed by atoms with Crippen molar-refractivity contribution in [1.82, 2.24) is 14.6 Å². The number of alkyl halides is 3. The highest BCUT2D eigenvalue weighted by Crippen LogP contribution is 2.33. The number of imidazole rings is 1. The van der Waals surface area contributed by atoms with Crippen LogP contribution in [0.3, 0.4) is 0 Å². The molecule has 2 aromatic heterocycles. The number of rotatable bonds is 2. The summed E-state index contributed by atoms with van der Waals surface area (Å²) in [5.41, 5.74) is 2.38. The molecule has 0 spiro atoms. The van der Waals surface area contributed by atoms with Gasteiger partial charge in [-0.2, -0.15) is 18.3 Å². The Kier molecular flexibility index (Phi) is 5.41. The molecule has 0 saturated carbocycles. The molecule has 0 aliphatic carbocycles. The molecule has 0 bridgehead atoms. The average molecular weight is 434 g/mol. The molecule has 0 unspecified atom stereocenters. The van der Waals surface area contributed by atoms with E-state index in [1.807, 2.05) is 13.0 Å². The third-order valence-corrected chi connectivity index (χ3v) is 4.90. The number of nitrogens with one attached hydrogen (secondary N) is 1. The maximum absolute atomic E-state index is 13.1. The number of hydrogen-bond donors (Lipinski definition) is 1. The van der Waals surface area contributed by atoms with Crippen LogP contribution in [0.1, 0.15) is 38.3 Å². The first-order chi connectivity index (χ1) is 15.2. The molecule has 5 nitrogen and oxygen atoms in total. The molecule has 0 saturated heterocycles. The molecular formula is C24H17F3N4O. The standard InChI is InChI=1S/C24H17F3N4O/c1-15-5-7-18(23(32)30-19-9-6-16(2)21(13-19)24(25,26)27)12-17(15)8-10-20-14-28-22-4-3-11-29-31(20)22/h3-7,9,11-14H,1-2H3,(H,30,32). The Hall–Kier alpha value is -4.12. The number of amides is 1. The zero-order chi connectivity index (χ0) is 22.9. The fourth-order valence-electron chi connectivity index (χ4n) is 3.15. The van der Waals surface area contributed by atoms with Crippen LogP contribution < -0.4 is 5.32 Å². The lowest BCUT2D eigenvalue weighted by molar-refractivity contribution is -0.138. The molecule has 32 heavy (non-hydrogen) atoms. The summed E-state index contributed by atoms with van der Waals surface area (Å²) in [5, 5.41) is 6.73. The minimum absolute atomic E-state index is 0.0675. The SMILES string of the molecule is Cc1ccc(C(=O)Nc2ccc(C)c(C(F)(F)F)c2)cc1C#Cc1cnc2cccnn12. The average Bonchev–Trinajstić information content (AvgIpc) is 3.17. The van der Waals surface area contributed by atoms with E-state index in [4.69, 9.17) is 0 Å². The summed E-state index contributed by atoms with van der Waals surface area (Å²) in [7, 11) is 0. The summed E-state index contributed by atoms with van der Waals surface area (Å²) < 4.78 is 41.0. The molecule has 0 fully saturated rings. The van der Waals surface area contributed by atoms with Crippen LogP contribution in [-0.2, 0) is 6.18 Å². The van der Waals surface area contributed by atoms with Crippen molar-refractivity contribution in [2.45, 2.75) is 20.0 Å². The Labute approximate surface area is 181 Å². The summed E-state index contributed by atoms with van der Waals surface area (Å²) in [5.74, 6) is 5.50. The zero-order valence-corrected chi connectivity index (χ0v) is 17.2. The number of nitrogens with zero attached hydrogens (tertiary/aromatic N) is 3. The van der Waals surface area contributed by atoms with Crippen LogP contribution in [0.2, 0.25) is 0 Å². The van der Waals surface area contributed by atoms with Crippen molar-refractivity contribution in [2.75, 3.05) is 5.32 Å². The second kappa shape index (κ2) is 8.19. The van der Waals surface area contributed by atoms with Gasteiger partial charge >= 0.3 is 6.18 Å². The fourth-order valence-corrected chi connectivity index (χ4v) is 3.15. The highest BCUT2D eigenvalue weighted by molar-refractivity contribution is 6.04. The normalized spacial score (nSPS) is 11.2. The van der Waals surface area contributed by atoms with E-state index < -0.39 is 17.6 Å². The van der Waals surface area contributed by atoms with Crippen molar-refractivity contribution in [3.05, 3.63) is 94.4 Å². The minimum Gasteiger partial charge on any atom is -0.322 e. The molecule has 0 radical (unpaired) electrons. The van der Waals surface area contributed by atoms with Gasteiger partial charge in [0.05, 0.1) is 11.8 Å². The Morgan fingerprint density at radius 1 is 1.03 bits per heavy atom. The molecule has 4 aromatic rings. The predicted octanol–water partition coefficient (Wildman–Crippen LogP) is 5.02. The second-order valence-electron chi connectivity index (χ2n) is 7.20. The van der Waals surface area contributed by atoms with Gasteiger partial charge in [-0.3, -0.25) is 4.79 Å². The maximum Gasteiger partial charge on any atom is 0.416 e. The monoisotopic (exact) mass is 434 g/mol. The van der Waals surface area contributed by atoms with Crippen molar-refractivity contribution in [2.24, 2.45) is 0 Å². The van der Waals surface area contributed by atoms with Gasteiger partial charge in [0.1, 0.15) is 5.69 Å². The molecule has 2 heterocycles. The number of aromatic nitrogens is 3. The first-order valence-corrected chi connectivity index (χ1v) is 9.63. The fraction of sp³-hybridized carbons (Fsp3) is 0.125. The van der Waals surface area contributed by atoms with Crippen molar-refractivity contribution in [3.8, 4) is 11.8 Å². The van der Waals surface area contributed by atoms with E-state index in [-0.39, 0.29) is 16.8 Å². The van der Waals surface area contributed by atoms with Crippen LogP contribution in [0.25, 0.3) is 5.65 Å². The molecule has 8 heteroatoms. The first-order valence-electron chi connectivity index (χ1n) is 9.63. The van der Waals surface area contributed by atoms with Crippen LogP contribution in [0.15, 0.2) is 60.9 Å². The van der Waals surface area contributed by atoms with Gasteiger partial charge in [0.15, 0.2) is 5.65 Å². The van der Waals surface area contributed by atoms with Crippen LogP contribution in [-0.4, -0.2) is 20.5 Å². The molecule has 0 atom stereocenters. The number of carbonyl (C=O) groups excluding carboxylic acids is 1. The van der Waals surface area contributed by atoms with Crippen molar-refractivity contribution in [3.63, 3.8) is 0 Å². The maximum atomic E-state index is 13.1. The summed E-state index contributed by atoms with van der Waals surface area (Å²) in [4.78, 5) is 16.9. The van der Waals surface area contributed by atoms with Gasteiger partial charge in [-0.15, -0.1) is 0 Å². The number of halogens is 3. The number of benzene rings is 2. The van der Waals surface area contributed by atoms with E-state index in [9.17, 15) is 18.0 Å². The van der Waals surface area contributed by atoms with E-state index in [1.54, 1.807) is 41.2 Å². The third-order valence-electron chi connectivity index (χ3n) is 4.90. The van der Waals surface area contributed by atoms with Gasteiger partial charge in [-0.1, -0.05) is 18.1 Å².